The SMILES string of the molecule is COc1c(C)cc(P(c2cc(C)c(OC)c(C)c2)C2CCCC2[C@H](C)P(C(C)(C)C)C(C)(C)C)cc1C. The summed E-state index contributed by atoms with van der Waals surface area (Å²) in [4.78, 5) is 0. The summed E-state index contributed by atoms with van der Waals surface area (Å²) >= 11 is 0. The van der Waals surface area contributed by atoms with Gasteiger partial charge in [-0.15, -0.1) is 0 Å². The second-order valence-corrected chi connectivity index (χ2v) is 19.9. The van der Waals surface area contributed by atoms with Crippen molar-refractivity contribution in [2.45, 2.75) is 117 Å². The summed E-state index contributed by atoms with van der Waals surface area (Å²) in [6, 6.07) is 9.73. The number of rotatable bonds is 7. The van der Waals surface area contributed by atoms with Gasteiger partial charge in [-0.25, -0.2) is 0 Å². The van der Waals surface area contributed by atoms with E-state index in [0.29, 0.717) is 16.0 Å². The topological polar surface area (TPSA) is 18.5 Å². The van der Waals surface area contributed by atoms with Gasteiger partial charge in [-0.2, -0.15) is 0 Å². The lowest BCUT2D eigenvalue weighted by Crippen LogP contribution is -2.37. The first kappa shape index (κ1) is 30.4. The quantitative estimate of drug-likeness (QED) is 0.325. The smallest absolute Gasteiger partial charge is 0.124 e. The van der Waals surface area contributed by atoms with Gasteiger partial charge in [-0.3, -0.25) is 0 Å². The Morgan fingerprint density at radius 1 is 0.703 bits per heavy atom. The van der Waals surface area contributed by atoms with Crippen LogP contribution in [0.15, 0.2) is 24.3 Å². The lowest BCUT2D eigenvalue weighted by Gasteiger charge is -2.49. The number of ether oxygens (including phenoxy) is 2. The molecule has 0 aliphatic heterocycles. The molecule has 2 aromatic carbocycles. The fourth-order valence-electron chi connectivity index (χ4n) is 7.58. The third-order valence-electron chi connectivity index (χ3n) is 8.19. The van der Waals surface area contributed by atoms with Gasteiger partial charge in [0.1, 0.15) is 11.5 Å². The summed E-state index contributed by atoms with van der Waals surface area (Å²) in [7, 11) is 2.90. The minimum atomic E-state index is -0.521. The Labute approximate surface area is 230 Å². The van der Waals surface area contributed by atoms with E-state index in [-0.39, 0.29) is 7.92 Å². The molecule has 1 aliphatic rings. The highest BCUT2D eigenvalue weighted by Crippen LogP contribution is 2.67. The molecular weight excluding hydrogens is 490 g/mol. The molecule has 0 bridgehead atoms. The maximum Gasteiger partial charge on any atom is 0.124 e. The average Bonchev–Trinajstić information content (AvgIpc) is 3.21. The Morgan fingerprint density at radius 2 is 1.08 bits per heavy atom. The second kappa shape index (κ2) is 11.6. The molecule has 0 saturated heterocycles. The van der Waals surface area contributed by atoms with E-state index < -0.39 is 7.92 Å². The van der Waals surface area contributed by atoms with Gasteiger partial charge in [0.15, 0.2) is 0 Å². The van der Waals surface area contributed by atoms with E-state index in [9.17, 15) is 0 Å². The molecule has 0 N–H and O–H groups in total. The summed E-state index contributed by atoms with van der Waals surface area (Å²) in [5, 5.41) is 3.69. The number of methoxy groups -OCH3 is 2. The van der Waals surface area contributed by atoms with Gasteiger partial charge in [-0.05, 0) is 133 Å². The summed E-state index contributed by atoms with van der Waals surface area (Å²) in [5.41, 5.74) is 6.43. The second-order valence-electron chi connectivity index (χ2n) is 13.2. The van der Waals surface area contributed by atoms with Gasteiger partial charge >= 0.3 is 0 Å². The normalized spacial score (nSPS) is 19.5. The third kappa shape index (κ3) is 6.39. The zero-order valence-electron chi connectivity index (χ0n) is 25.9. The number of benzene rings is 2. The van der Waals surface area contributed by atoms with Crippen molar-refractivity contribution in [3.8, 4) is 11.5 Å². The maximum absolute atomic E-state index is 5.77. The molecule has 1 saturated carbocycles. The molecule has 3 rings (SSSR count). The largest absolute Gasteiger partial charge is 0.496 e. The van der Waals surface area contributed by atoms with Crippen molar-refractivity contribution in [3.63, 3.8) is 0 Å². The average molecular weight is 543 g/mol. The van der Waals surface area contributed by atoms with Crippen LogP contribution in [0.25, 0.3) is 0 Å². The Morgan fingerprint density at radius 3 is 1.41 bits per heavy atom. The first-order valence-electron chi connectivity index (χ1n) is 14.0. The van der Waals surface area contributed by atoms with E-state index in [1.54, 1.807) is 14.2 Å². The summed E-state index contributed by atoms with van der Waals surface area (Å²) < 4.78 is 11.5. The van der Waals surface area contributed by atoms with E-state index in [4.69, 9.17) is 9.47 Å². The molecule has 206 valence electrons. The van der Waals surface area contributed by atoms with Crippen LogP contribution < -0.4 is 20.1 Å². The lowest BCUT2D eigenvalue weighted by molar-refractivity contribution is 0.408. The molecule has 0 aromatic heterocycles. The summed E-state index contributed by atoms with van der Waals surface area (Å²) in [6.07, 6.45) is 4.03. The van der Waals surface area contributed by atoms with Gasteiger partial charge in [0.05, 0.1) is 14.2 Å². The number of aryl methyl sites for hydroxylation is 4. The zero-order chi connectivity index (χ0) is 27.9. The molecule has 37 heavy (non-hydrogen) atoms. The molecule has 2 unspecified atom stereocenters. The molecule has 4 heteroatoms. The molecule has 0 radical (unpaired) electrons. The minimum Gasteiger partial charge on any atom is -0.496 e. The van der Waals surface area contributed by atoms with E-state index in [1.165, 1.54) is 52.1 Å². The van der Waals surface area contributed by atoms with Crippen LogP contribution in [0, 0.1) is 33.6 Å². The van der Waals surface area contributed by atoms with Gasteiger partial charge in [-0.1, -0.05) is 62.8 Å². The lowest BCUT2D eigenvalue weighted by atomic mass is 10.0. The summed E-state index contributed by atoms with van der Waals surface area (Å²) in [6.45, 7) is 26.4. The van der Waals surface area contributed by atoms with Crippen LogP contribution in [0.3, 0.4) is 0 Å². The van der Waals surface area contributed by atoms with Crippen LogP contribution in [0.2, 0.25) is 0 Å². The van der Waals surface area contributed by atoms with Gasteiger partial charge in [0, 0.05) is 0 Å². The Balaban J connectivity index is 2.20. The van der Waals surface area contributed by atoms with Crippen molar-refractivity contribution in [3.05, 3.63) is 46.5 Å². The fourth-order valence-corrected chi connectivity index (χ4v) is 16.5. The minimum absolute atomic E-state index is 0.174. The molecule has 0 spiro atoms. The zero-order valence-corrected chi connectivity index (χ0v) is 27.7. The van der Waals surface area contributed by atoms with Crippen molar-refractivity contribution in [2.75, 3.05) is 14.2 Å². The van der Waals surface area contributed by atoms with E-state index in [0.717, 1.165) is 23.1 Å². The van der Waals surface area contributed by atoms with Crippen molar-refractivity contribution in [1.29, 1.82) is 0 Å². The fraction of sp³-hybridized carbons (Fsp3) is 0.636. The van der Waals surface area contributed by atoms with Crippen LogP contribution >= 0.6 is 15.8 Å². The van der Waals surface area contributed by atoms with E-state index in [2.05, 4.69) is 100 Å². The predicted molar refractivity (Wildman–Crippen MR) is 168 cm³/mol. The van der Waals surface area contributed by atoms with E-state index >= 15 is 0 Å². The van der Waals surface area contributed by atoms with Gasteiger partial charge < -0.3 is 9.47 Å². The maximum atomic E-state index is 5.77. The standard InChI is InChI=1S/C33H52O2P2/c1-21-17-26(18-22(2)30(21)34-12)36(27-19-23(3)31(35-13)24(4)20-27)29-16-14-15-28(29)25(5)37(32(6,7)8)33(9,10)11/h17-20,25,28-29H,14-16H2,1-13H3/t25-,28?,29?/m0/s1. The highest BCUT2D eigenvalue weighted by Gasteiger charge is 2.46. The Hall–Kier alpha value is -1.10. The first-order valence-corrected chi connectivity index (χ1v) is 16.8. The van der Waals surface area contributed by atoms with Crippen LogP contribution in [0.1, 0.15) is 90.0 Å². The Kier molecular flexibility index (Phi) is 9.51. The monoisotopic (exact) mass is 542 g/mol. The molecule has 1 fully saturated rings. The van der Waals surface area contributed by atoms with Gasteiger partial charge in [0.2, 0.25) is 0 Å². The van der Waals surface area contributed by atoms with E-state index in [1.807, 2.05) is 0 Å². The molecule has 2 aromatic rings. The molecular formula is C33H52O2P2. The summed E-state index contributed by atoms with van der Waals surface area (Å²) in [5.74, 6) is 2.81. The van der Waals surface area contributed by atoms with Crippen molar-refractivity contribution in [2.24, 2.45) is 5.92 Å². The van der Waals surface area contributed by atoms with Crippen LogP contribution in [-0.2, 0) is 0 Å². The highest BCUT2D eigenvalue weighted by molar-refractivity contribution is 7.73. The molecule has 0 amide bonds. The first-order chi connectivity index (χ1) is 17.1. The van der Waals surface area contributed by atoms with Gasteiger partial charge in [0.25, 0.3) is 0 Å². The van der Waals surface area contributed by atoms with Crippen molar-refractivity contribution >= 4 is 26.5 Å². The molecule has 3 atom stereocenters. The molecule has 2 nitrogen and oxygen atoms in total. The molecule has 0 heterocycles. The molecule has 1 aliphatic carbocycles. The Bertz CT molecular complexity index is 973. The van der Waals surface area contributed by atoms with Crippen LogP contribution in [0.4, 0.5) is 0 Å². The third-order valence-corrected chi connectivity index (χ3v) is 15.2. The number of hydrogen-bond acceptors (Lipinski definition) is 2. The van der Waals surface area contributed by atoms with Crippen molar-refractivity contribution in [1.82, 2.24) is 0 Å². The number of hydrogen-bond donors (Lipinski definition) is 0. The van der Waals surface area contributed by atoms with Crippen molar-refractivity contribution < 1.29 is 9.47 Å². The highest BCUT2D eigenvalue weighted by atomic mass is 31.1. The van der Waals surface area contributed by atoms with Crippen LogP contribution in [-0.4, -0.2) is 35.8 Å². The van der Waals surface area contributed by atoms with Crippen LogP contribution in [0.5, 0.6) is 11.5 Å². The predicted octanol–water partition coefficient (Wildman–Crippen LogP) is 9.01.